The number of esters is 1. The van der Waals surface area contributed by atoms with Gasteiger partial charge in [0.1, 0.15) is 18.5 Å². The van der Waals surface area contributed by atoms with E-state index in [1.54, 1.807) is 6.92 Å². The molecule has 7 heteroatoms. The van der Waals surface area contributed by atoms with E-state index in [9.17, 15) is 13.2 Å². The van der Waals surface area contributed by atoms with E-state index in [2.05, 4.69) is 0 Å². The highest BCUT2D eigenvalue weighted by Gasteiger charge is 2.31. The van der Waals surface area contributed by atoms with E-state index >= 15 is 0 Å². The van der Waals surface area contributed by atoms with E-state index in [1.165, 1.54) is 31.4 Å². The van der Waals surface area contributed by atoms with Gasteiger partial charge in [0.05, 0.1) is 17.4 Å². The Morgan fingerprint density at radius 1 is 1.17 bits per heavy atom. The highest BCUT2D eigenvalue weighted by molar-refractivity contribution is 7.86. The first-order valence-corrected chi connectivity index (χ1v) is 9.34. The van der Waals surface area contributed by atoms with Gasteiger partial charge in [0.15, 0.2) is 0 Å². The minimum Gasteiger partial charge on any atom is -0.497 e. The molecule has 0 radical (unpaired) electrons. The lowest BCUT2D eigenvalue weighted by Gasteiger charge is -2.25. The van der Waals surface area contributed by atoms with E-state index in [-0.39, 0.29) is 17.5 Å². The summed E-state index contributed by atoms with van der Waals surface area (Å²) in [6.07, 6.45) is 0.530. The molecular weight excluding hydrogens is 332 g/mol. The second-order valence-electron chi connectivity index (χ2n) is 5.90. The number of carbonyl (C=O) groups is 1. The lowest BCUT2D eigenvalue weighted by Crippen LogP contribution is -2.31. The number of carbonyl (C=O) groups excluding carboxylic acids is 1. The third-order valence-electron chi connectivity index (χ3n) is 4.14. The maximum atomic E-state index is 12.2. The van der Waals surface area contributed by atoms with Gasteiger partial charge in [-0.05, 0) is 51.0 Å². The minimum atomic E-state index is -3.93. The van der Waals surface area contributed by atoms with Crippen molar-refractivity contribution in [2.24, 2.45) is 5.41 Å². The van der Waals surface area contributed by atoms with Crippen LogP contribution in [-0.2, 0) is 23.8 Å². The molecular formula is C17H26O6S. The maximum absolute atomic E-state index is 12.2. The topological polar surface area (TPSA) is 78.9 Å². The normalized spacial score (nSPS) is 13.4. The van der Waals surface area contributed by atoms with Crippen LogP contribution in [0.5, 0.6) is 5.75 Å². The molecule has 0 aliphatic carbocycles. The Morgan fingerprint density at radius 3 is 2.17 bits per heavy atom. The zero-order chi connectivity index (χ0) is 18.4. The average molecular weight is 358 g/mol. The molecule has 0 heterocycles. The average Bonchev–Trinajstić information content (AvgIpc) is 2.58. The number of ether oxygens (including phenoxy) is 2. The van der Waals surface area contributed by atoms with Gasteiger partial charge in [-0.3, -0.25) is 8.98 Å². The smallest absolute Gasteiger partial charge is 0.311 e. The molecule has 1 aromatic carbocycles. The Hall–Kier alpha value is -1.60. The lowest BCUT2D eigenvalue weighted by atomic mass is 9.85. The first-order valence-electron chi connectivity index (χ1n) is 7.93. The molecule has 0 aliphatic rings. The van der Waals surface area contributed by atoms with Crippen LogP contribution in [0.3, 0.4) is 0 Å². The van der Waals surface area contributed by atoms with Crippen molar-refractivity contribution in [2.75, 3.05) is 13.7 Å². The van der Waals surface area contributed by atoms with Crippen LogP contribution in [-0.4, -0.2) is 34.2 Å². The molecule has 0 aromatic heterocycles. The van der Waals surface area contributed by atoms with E-state index in [4.69, 9.17) is 13.7 Å². The second-order valence-corrected chi connectivity index (χ2v) is 7.47. The zero-order valence-electron chi connectivity index (χ0n) is 14.9. The fourth-order valence-corrected chi connectivity index (χ4v) is 3.02. The summed E-state index contributed by atoms with van der Waals surface area (Å²) in [7, 11) is -2.43. The van der Waals surface area contributed by atoms with E-state index in [1.807, 2.05) is 20.8 Å². The van der Waals surface area contributed by atoms with Crippen molar-refractivity contribution in [1.82, 2.24) is 0 Å². The van der Waals surface area contributed by atoms with Crippen LogP contribution in [0.4, 0.5) is 0 Å². The van der Waals surface area contributed by atoms with Crippen LogP contribution in [0.25, 0.3) is 0 Å². The number of methoxy groups -OCH3 is 1. The summed E-state index contributed by atoms with van der Waals surface area (Å²) in [6, 6.07) is 5.88. The van der Waals surface area contributed by atoms with Gasteiger partial charge in [0.25, 0.3) is 10.1 Å². The third-order valence-corrected chi connectivity index (χ3v) is 5.57. The third kappa shape index (κ3) is 5.21. The van der Waals surface area contributed by atoms with Gasteiger partial charge in [0, 0.05) is 0 Å². The Morgan fingerprint density at radius 2 is 1.71 bits per heavy atom. The van der Waals surface area contributed by atoms with Crippen molar-refractivity contribution in [2.45, 2.75) is 51.5 Å². The Bertz CT molecular complexity index is 632. The molecule has 1 atom stereocenters. The van der Waals surface area contributed by atoms with Gasteiger partial charge < -0.3 is 9.47 Å². The largest absolute Gasteiger partial charge is 0.497 e. The molecule has 24 heavy (non-hydrogen) atoms. The Balaban J connectivity index is 2.66. The predicted octanol–water partition coefficient (Wildman–Crippen LogP) is 3.16. The molecule has 1 rings (SSSR count). The summed E-state index contributed by atoms with van der Waals surface area (Å²) in [5.41, 5.74) is -0.561. The monoisotopic (exact) mass is 358 g/mol. The van der Waals surface area contributed by atoms with Crippen molar-refractivity contribution >= 4 is 16.1 Å². The predicted molar refractivity (Wildman–Crippen MR) is 90.4 cm³/mol. The standard InChI is InChI=1S/C17H26O6S/c1-6-17(4,7-2)16(18)22-12-13(3)23-24(19,20)15-10-8-14(21-5)9-11-15/h8-11,13H,6-7,12H2,1-5H3. The first-order chi connectivity index (χ1) is 11.2. The first kappa shape index (κ1) is 20.4. The molecule has 0 N–H and O–H groups in total. The fourth-order valence-electron chi connectivity index (χ4n) is 1.95. The summed E-state index contributed by atoms with van der Waals surface area (Å²) in [5.74, 6) is 0.208. The molecule has 0 aliphatic heterocycles. The quantitative estimate of drug-likeness (QED) is 0.498. The van der Waals surface area contributed by atoms with Crippen molar-refractivity contribution in [3.8, 4) is 5.75 Å². The van der Waals surface area contributed by atoms with E-state index < -0.39 is 21.6 Å². The summed E-state index contributed by atoms with van der Waals surface area (Å²) in [6.45, 7) is 7.08. The molecule has 0 saturated carbocycles. The molecule has 0 fully saturated rings. The fraction of sp³-hybridized carbons (Fsp3) is 0.588. The van der Waals surface area contributed by atoms with E-state index in [0.717, 1.165) is 0 Å². The number of benzene rings is 1. The number of rotatable bonds is 9. The molecule has 1 aromatic rings. The van der Waals surface area contributed by atoms with Crippen molar-refractivity contribution in [3.05, 3.63) is 24.3 Å². The van der Waals surface area contributed by atoms with Crippen molar-refractivity contribution < 1.29 is 26.9 Å². The summed E-state index contributed by atoms with van der Waals surface area (Å²) in [5, 5.41) is 0. The maximum Gasteiger partial charge on any atom is 0.311 e. The van der Waals surface area contributed by atoms with Gasteiger partial charge in [-0.25, -0.2) is 0 Å². The number of hydrogen-bond acceptors (Lipinski definition) is 6. The van der Waals surface area contributed by atoms with Crippen LogP contribution in [0.15, 0.2) is 29.2 Å². The van der Waals surface area contributed by atoms with Crippen LogP contribution in [0, 0.1) is 5.41 Å². The van der Waals surface area contributed by atoms with Crippen LogP contribution in [0.1, 0.15) is 40.5 Å². The van der Waals surface area contributed by atoms with Gasteiger partial charge in [-0.15, -0.1) is 0 Å². The van der Waals surface area contributed by atoms with Gasteiger partial charge >= 0.3 is 5.97 Å². The summed E-state index contributed by atoms with van der Waals surface area (Å²) in [4.78, 5) is 12.1. The highest BCUT2D eigenvalue weighted by atomic mass is 32.2. The molecule has 1 unspecified atom stereocenters. The SMILES string of the molecule is CCC(C)(CC)C(=O)OCC(C)OS(=O)(=O)c1ccc(OC)cc1. The van der Waals surface area contributed by atoms with Gasteiger partial charge in [-0.1, -0.05) is 13.8 Å². The zero-order valence-corrected chi connectivity index (χ0v) is 15.7. The minimum absolute atomic E-state index is 0.0217. The lowest BCUT2D eigenvalue weighted by molar-refractivity contribution is -0.157. The van der Waals surface area contributed by atoms with E-state index in [0.29, 0.717) is 18.6 Å². The number of hydrogen-bond donors (Lipinski definition) is 0. The van der Waals surface area contributed by atoms with Gasteiger partial charge in [-0.2, -0.15) is 8.42 Å². The van der Waals surface area contributed by atoms with Crippen LogP contribution in [0.2, 0.25) is 0 Å². The highest BCUT2D eigenvalue weighted by Crippen LogP contribution is 2.27. The van der Waals surface area contributed by atoms with Crippen molar-refractivity contribution in [3.63, 3.8) is 0 Å². The Kier molecular flexibility index (Phi) is 7.23. The molecule has 6 nitrogen and oxygen atoms in total. The van der Waals surface area contributed by atoms with Crippen LogP contribution < -0.4 is 4.74 Å². The van der Waals surface area contributed by atoms with Crippen molar-refractivity contribution in [1.29, 1.82) is 0 Å². The molecule has 136 valence electrons. The molecule has 0 bridgehead atoms. The van der Waals surface area contributed by atoms with Gasteiger partial charge in [0.2, 0.25) is 0 Å². The molecule has 0 saturated heterocycles. The summed E-state index contributed by atoms with van der Waals surface area (Å²) < 4.78 is 39.7. The molecule has 0 spiro atoms. The molecule has 0 amide bonds. The van der Waals surface area contributed by atoms with Crippen LogP contribution >= 0.6 is 0 Å². The Labute approximate surface area is 144 Å². The second kappa shape index (κ2) is 8.48. The summed E-state index contributed by atoms with van der Waals surface area (Å²) >= 11 is 0.